The smallest absolute Gasteiger partial charge is 0.123 e. The van der Waals surface area contributed by atoms with Crippen LogP contribution in [0, 0.1) is 5.82 Å². The lowest BCUT2D eigenvalue weighted by Gasteiger charge is -2.25. The highest BCUT2D eigenvalue weighted by atomic mass is 35.5. The van der Waals surface area contributed by atoms with Gasteiger partial charge in [0.05, 0.1) is 12.7 Å². The van der Waals surface area contributed by atoms with Gasteiger partial charge >= 0.3 is 0 Å². The van der Waals surface area contributed by atoms with Crippen LogP contribution in [0.5, 0.6) is 5.75 Å². The Morgan fingerprint density at radius 1 is 1.24 bits per heavy atom. The van der Waals surface area contributed by atoms with Crippen LogP contribution in [0.1, 0.15) is 0 Å². The van der Waals surface area contributed by atoms with E-state index < -0.39 is 0 Å². The number of rotatable bonds is 4. The summed E-state index contributed by atoms with van der Waals surface area (Å²) in [6, 6.07) is 6.60. The van der Waals surface area contributed by atoms with Gasteiger partial charge in [-0.1, -0.05) is 0 Å². The molecule has 120 valence electrons. The van der Waals surface area contributed by atoms with Crippen LogP contribution >= 0.6 is 24.8 Å². The Bertz CT molecular complexity index is 408. The van der Waals surface area contributed by atoms with Crippen molar-refractivity contribution in [1.29, 1.82) is 0 Å². The maximum absolute atomic E-state index is 12.7. The van der Waals surface area contributed by atoms with Gasteiger partial charge in [-0.15, -0.1) is 24.8 Å². The van der Waals surface area contributed by atoms with Crippen LogP contribution < -0.4 is 10.1 Å². The molecule has 4 nitrogen and oxygen atoms in total. The highest BCUT2D eigenvalue weighted by molar-refractivity contribution is 5.85. The zero-order valence-corrected chi connectivity index (χ0v) is 13.3. The number of ether oxygens (including phenoxy) is 2. The van der Waals surface area contributed by atoms with E-state index in [0.29, 0.717) is 24.5 Å². The standard InChI is InChI=1S/C14H19FN2O2.2ClH/c15-11-1-3-12(4-2-11)18-8-6-17-9-13-14(10-17)19-7-5-16-13;;/h1-4,13-14,16H,5-10H2;2*1H/t13-,14-;;/m0../s1. The van der Waals surface area contributed by atoms with Crippen molar-refractivity contribution in [2.24, 2.45) is 0 Å². The molecule has 2 aliphatic rings. The minimum Gasteiger partial charge on any atom is -0.492 e. The largest absolute Gasteiger partial charge is 0.492 e. The molecule has 1 aromatic rings. The summed E-state index contributed by atoms with van der Waals surface area (Å²) >= 11 is 0. The molecule has 2 heterocycles. The van der Waals surface area contributed by atoms with E-state index in [1.807, 2.05) is 0 Å². The number of nitrogens with one attached hydrogen (secondary N) is 1. The van der Waals surface area contributed by atoms with Crippen molar-refractivity contribution in [1.82, 2.24) is 10.2 Å². The first-order valence-corrected chi connectivity index (χ1v) is 6.77. The van der Waals surface area contributed by atoms with Crippen molar-refractivity contribution in [3.05, 3.63) is 30.1 Å². The molecule has 21 heavy (non-hydrogen) atoms. The van der Waals surface area contributed by atoms with Gasteiger partial charge in [-0.3, -0.25) is 4.90 Å². The van der Waals surface area contributed by atoms with Crippen molar-refractivity contribution in [3.63, 3.8) is 0 Å². The summed E-state index contributed by atoms with van der Waals surface area (Å²) < 4.78 is 24.1. The van der Waals surface area contributed by atoms with Crippen LogP contribution in [0.3, 0.4) is 0 Å². The van der Waals surface area contributed by atoms with Crippen LogP contribution in [0.2, 0.25) is 0 Å². The fourth-order valence-corrected chi connectivity index (χ4v) is 2.68. The van der Waals surface area contributed by atoms with Crippen LogP contribution in [0.15, 0.2) is 24.3 Å². The van der Waals surface area contributed by atoms with E-state index >= 15 is 0 Å². The van der Waals surface area contributed by atoms with Gasteiger partial charge in [-0.2, -0.15) is 0 Å². The van der Waals surface area contributed by atoms with Gasteiger partial charge in [0.2, 0.25) is 0 Å². The fourth-order valence-electron chi connectivity index (χ4n) is 2.68. The Balaban J connectivity index is 0.00000110. The summed E-state index contributed by atoms with van der Waals surface area (Å²) in [6.45, 7) is 5.21. The maximum atomic E-state index is 12.7. The average molecular weight is 339 g/mol. The molecule has 2 saturated heterocycles. The lowest BCUT2D eigenvalue weighted by molar-refractivity contribution is 0.0174. The van der Waals surface area contributed by atoms with E-state index in [4.69, 9.17) is 9.47 Å². The number of fused-ring (bicyclic) bond motifs is 1. The topological polar surface area (TPSA) is 33.7 Å². The second-order valence-corrected chi connectivity index (χ2v) is 5.03. The predicted molar refractivity (Wildman–Crippen MR) is 84.4 cm³/mol. The molecule has 0 bridgehead atoms. The first kappa shape index (κ1) is 18.5. The number of morpholine rings is 1. The molecule has 0 amide bonds. The van der Waals surface area contributed by atoms with E-state index in [1.54, 1.807) is 12.1 Å². The second-order valence-electron chi connectivity index (χ2n) is 5.03. The number of hydrogen-bond acceptors (Lipinski definition) is 4. The molecule has 2 atom stereocenters. The van der Waals surface area contributed by atoms with E-state index in [-0.39, 0.29) is 30.6 Å². The van der Waals surface area contributed by atoms with Gasteiger partial charge < -0.3 is 14.8 Å². The van der Waals surface area contributed by atoms with Crippen LogP contribution in [-0.4, -0.2) is 56.4 Å². The van der Waals surface area contributed by atoms with Crippen LogP contribution in [-0.2, 0) is 4.74 Å². The van der Waals surface area contributed by atoms with Crippen molar-refractivity contribution in [2.45, 2.75) is 12.1 Å². The minimum atomic E-state index is -0.237. The van der Waals surface area contributed by atoms with Crippen LogP contribution in [0.4, 0.5) is 4.39 Å². The molecule has 0 unspecified atom stereocenters. The van der Waals surface area contributed by atoms with Gasteiger partial charge in [0.25, 0.3) is 0 Å². The van der Waals surface area contributed by atoms with E-state index in [2.05, 4.69) is 10.2 Å². The third-order valence-electron chi connectivity index (χ3n) is 3.67. The third kappa shape index (κ3) is 4.97. The molecule has 0 aromatic heterocycles. The van der Waals surface area contributed by atoms with E-state index in [9.17, 15) is 4.39 Å². The molecule has 1 N–H and O–H groups in total. The Kier molecular flexibility index (Phi) is 7.70. The molecular formula is C14H21Cl2FN2O2. The first-order chi connectivity index (χ1) is 9.31. The Morgan fingerprint density at radius 3 is 2.71 bits per heavy atom. The predicted octanol–water partition coefficient (Wildman–Crippen LogP) is 1.72. The number of hydrogen-bond donors (Lipinski definition) is 1. The zero-order chi connectivity index (χ0) is 13.1. The highest BCUT2D eigenvalue weighted by Crippen LogP contribution is 2.16. The average Bonchev–Trinajstić information content (AvgIpc) is 2.83. The van der Waals surface area contributed by atoms with E-state index in [0.717, 1.165) is 32.8 Å². The summed E-state index contributed by atoms with van der Waals surface area (Å²) in [6.07, 6.45) is 0.319. The summed E-state index contributed by atoms with van der Waals surface area (Å²) in [5.74, 6) is 0.478. The van der Waals surface area contributed by atoms with Gasteiger partial charge in [0.1, 0.15) is 18.2 Å². The SMILES string of the molecule is Cl.Cl.Fc1ccc(OCCN2C[C@@H]3NCCO[C@H]3C2)cc1. The van der Waals surface area contributed by atoms with E-state index in [1.165, 1.54) is 12.1 Å². The number of likely N-dealkylation sites (tertiary alicyclic amines) is 1. The third-order valence-corrected chi connectivity index (χ3v) is 3.67. The molecule has 2 fully saturated rings. The molecule has 3 rings (SSSR count). The second kappa shape index (κ2) is 8.76. The summed E-state index contributed by atoms with van der Waals surface area (Å²) in [5.41, 5.74) is 0. The number of halogens is 3. The quantitative estimate of drug-likeness (QED) is 0.906. The van der Waals surface area contributed by atoms with Crippen molar-refractivity contribution in [2.75, 3.05) is 39.4 Å². The maximum Gasteiger partial charge on any atom is 0.123 e. The summed E-state index contributed by atoms with van der Waals surface area (Å²) in [5, 5.41) is 3.48. The highest BCUT2D eigenvalue weighted by Gasteiger charge is 2.34. The monoisotopic (exact) mass is 338 g/mol. The van der Waals surface area contributed by atoms with Crippen LogP contribution in [0.25, 0.3) is 0 Å². The number of benzene rings is 1. The first-order valence-electron chi connectivity index (χ1n) is 6.77. The molecule has 0 radical (unpaired) electrons. The molecular weight excluding hydrogens is 318 g/mol. The van der Waals surface area contributed by atoms with Gasteiger partial charge in [-0.05, 0) is 24.3 Å². The van der Waals surface area contributed by atoms with Crippen molar-refractivity contribution >= 4 is 24.8 Å². The van der Waals surface area contributed by atoms with Gasteiger partial charge in [-0.25, -0.2) is 4.39 Å². The summed E-state index contributed by atoms with van der Waals surface area (Å²) in [7, 11) is 0. The lowest BCUT2D eigenvalue weighted by Crippen LogP contribution is -2.47. The van der Waals surface area contributed by atoms with Crippen molar-refractivity contribution < 1.29 is 13.9 Å². The molecule has 2 aliphatic heterocycles. The Hall–Kier alpha value is -0.590. The Morgan fingerprint density at radius 2 is 2.00 bits per heavy atom. The minimum absolute atomic E-state index is 0. The van der Waals surface area contributed by atoms with Crippen molar-refractivity contribution in [3.8, 4) is 5.75 Å². The lowest BCUT2D eigenvalue weighted by atomic mass is 10.2. The summed E-state index contributed by atoms with van der Waals surface area (Å²) in [4.78, 5) is 2.34. The molecule has 0 spiro atoms. The zero-order valence-electron chi connectivity index (χ0n) is 11.7. The van der Waals surface area contributed by atoms with Gasteiger partial charge in [0, 0.05) is 32.2 Å². The molecule has 7 heteroatoms. The fraction of sp³-hybridized carbons (Fsp3) is 0.571. The normalized spacial score (nSPS) is 24.6. The Labute approximate surface area is 136 Å². The van der Waals surface area contributed by atoms with Gasteiger partial charge in [0.15, 0.2) is 0 Å². The molecule has 0 saturated carbocycles. The number of nitrogens with zero attached hydrogens (tertiary/aromatic N) is 1. The molecule has 0 aliphatic carbocycles. The molecule has 1 aromatic carbocycles.